The molecule has 3 aromatic rings. The first-order chi connectivity index (χ1) is 13.5. The zero-order valence-electron chi connectivity index (χ0n) is 15.3. The van der Waals surface area contributed by atoms with E-state index in [1.807, 2.05) is 42.5 Å². The number of carbonyl (C=O) groups excluding carboxylic acids is 2. The molecule has 0 saturated carbocycles. The van der Waals surface area contributed by atoms with Gasteiger partial charge in [-0.15, -0.1) is 0 Å². The van der Waals surface area contributed by atoms with Crippen molar-refractivity contribution in [3.8, 4) is 5.75 Å². The molecule has 142 valence electrons. The van der Waals surface area contributed by atoms with Crippen LogP contribution in [0.15, 0.2) is 60.7 Å². The number of amides is 2. The molecule has 5 nitrogen and oxygen atoms in total. The van der Waals surface area contributed by atoms with E-state index in [9.17, 15) is 9.59 Å². The van der Waals surface area contributed by atoms with Crippen LogP contribution < -0.4 is 15.0 Å². The molecule has 3 aromatic carbocycles. The van der Waals surface area contributed by atoms with E-state index in [-0.39, 0.29) is 11.8 Å². The van der Waals surface area contributed by atoms with E-state index in [2.05, 4.69) is 5.32 Å². The van der Waals surface area contributed by atoms with Crippen LogP contribution in [0.4, 0.5) is 5.69 Å². The second-order valence-corrected chi connectivity index (χ2v) is 7.12. The van der Waals surface area contributed by atoms with Crippen LogP contribution >= 0.6 is 11.6 Å². The fraction of sp³-hybridized carbons (Fsp3) is 0.182. The highest BCUT2D eigenvalue weighted by Gasteiger charge is 2.37. The highest BCUT2D eigenvalue weighted by molar-refractivity contribution is 6.31. The fourth-order valence-electron chi connectivity index (χ4n) is 3.50. The Labute approximate surface area is 167 Å². The molecule has 0 saturated heterocycles. The monoisotopic (exact) mass is 394 g/mol. The molecule has 0 aromatic heterocycles. The van der Waals surface area contributed by atoms with Gasteiger partial charge in [0.15, 0.2) is 0 Å². The predicted molar refractivity (Wildman–Crippen MR) is 110 cm³/mol. The summed E-state index contributed by atoms with van der Waals surface area (Å²) < 4.78 is 5.87. The maximum atomic E-state index is 12.8. The van der Waals surface area contributed by atoms with Crippen molar-refractivity contribution in [2.24, 2.45) is 0 Å². The molecule has 6 heteroatoms. The highest BCUT2D eigenvalue weighted by Crippen LogP contribution is 2.37. The quantitative estimate of drug-likeness (QED) is 0.708. The molecule has 28 heavy (non-hydrogen) atoms. The zero-order chi connectivity index (χ0) is 19.7. The molecule has 1 aliphatic rings. The van der Waals surface area contributed by atoms with Crippen LogP contribution in [0.25, 0.3) is 10.8 Å². The Morgan fingerprint density at radius 3 is 2.68 bits per heavy atom. The molecule has 0 fully saturated rings. The number of hydrogen-bond acceptors (Lipinski definition) is 3. The molecule has 0 bridgehead atoms. The van der Waals surface area contributed by atoms with Crippen LogP contribution in [0.1, 0.15) is 18.5 Å². The number of ether oxygens (including phenoxy) is 1. The molecular weight excluding hydrogens is 376 g/mol. The summed E-state index contributed by atoms with van der Waals surface area (Å²) in [6.07, 6.45) is 0. The summed E-state index contributed by atoms with van der Waals surface area (Å²) in [4.78, 5) is 26.0. The molecule has 1 aliphatic heterocycles. The summed E-state index contributed by atoms with van der Waals surface area (Å²) in [5.74, 6) is 0.299. The first-order valence-electron chi connectivity index (χ1n) is 9.02. The molecule has 1 atom stereocenters. The summed E-state index contributed by atoms with van der Waals surface area (Å²) in [6, 6.07) is 18.5. The fourth-order valence-corrected chi connectivity index (χ4v) is 3.68. The van der Waals surface area contributed by atoms with Crippen molar-refractivity contribution in [2.45, 2.75) is 13.0 Å². The number of carbonyl (C=O) groups is 2. The molecule has 0 spiro atoms. The van der Waals surface area contributed by atoms with E-state index in [1.165, 1.54) is 6.92 Å². The second kappa shape index (κ2) is 7.52. The molecule has 0 aliphatic carbocycles. The van der Waals surface area contributed by atoms with Gasteiger partial charge < -0.3 is 15.0 Å². The Morgan fingerprint density at radius 1 is 1.11 bits per heavy atom. The lowest BCUT2D eigenvalue weighted by Gasteiger charge is -2.18. The summed E-state index contributed by atoms with van der Waals surface area (Å²) in [5.41, 5.74) is 1.45. The van der Waals surface area contributed by atoms with E-state index < -0.39 is 6.04 Å². The van der Waals surface area contributed by atoms with Crippen molar-refractivity contribution in [1.82, 2.24) is 5.32 Å². The van der Waals surface area contributed by atoms with Crippen molar-refractivity contribution < 1.29 is 14.3 Å². The van der Waals surface area contributed by atoms with E-state index in [0.717, 1.165) is 22.2 Å². The van der Waals surface area contributed by atoms with E-state index >= 15 is 0 Å². The maximum Gasteiger partial charge on any atom is 0.254 e. The van der Waals surface area contributed by atoms with E-state index in [4.69, 9.17) is 16.3 Å². The number of hydrogen-bond donors (Lipinski definition) is 1. The minimum absolute atomic E-state index is 0.186. The van der Waals surface area contributed by atoms with Gasteiger partial charge in [0.1, 0.15) is 18.4 Å². The van der Waals surface area contributed by atoms with Gasteiger partial charge in [0, 0.05) is 23.2 Å². The smallest absolute Gasteiger partial charge is 0.254 e. The van der Waals surface area contributed by atoms with Crippen LogP contribution in [0, 0.1) is 0 Å². The van der Waals surface area contributed by atoms with E-state index in [1.54, 1.807) is 23.1 Å². The predicted octanol–water partition coefficient (Wildman–Crippen LogP) is 4.10. The average Bonchev–Trinajstić information content (AvgIpc) is 2.92. The number of nitrogens with one attached hydrogen (secondary N) is 1. The molecular formula is C22H19ClN2O3. The Morgan fingerprint density at radius 2 is 1.89 bits per heavy atom. The maximum absolute atomic E-state index is 12.8. The minimum Gasteiger partial charge on any atom is -0.492 e. The van der Waals surface area contributed by atoms with Gasteiger partial charge in [-0.05, 0) is 41.1 Å². The third-order valence-electron chi connectivity index (χ3n) is 4.76. The van der Waals surface area contributed by atoms with Gasteiger partial charge in [0.25, 0.3) is 5.91 Å². The van der Waals surface area contributed by atoms with Crippen molar-refractivity contribution in [1.29, 1.82) is 0 Å². The number of nitrogens with zero attached hydrogens (tertiary/aromatic N) is 1. The van der Waals surface area contributed by atoms with Crippen LogP contribution in [0.2, 0.25) is 5.02 Å². The van der Waals surface area contributed by atoms with Crippen LogP contribution in [0.3, 0.4) is 0 Å². The zero-order valence-corrected chi connectivity index (χ0v) is 16.1. The standard InChI is InChI=1S/C22H19ClN2O3/c1-14(26)24-21-19-13-17(23)7-9-20(19)25(22(21)27)10-11-28-18-8-6-15-4-2-3-5-16(15)12-18/h2-9,12-13,21H,10-11H2,1H3,(H,24,26). The third-order valence-corrected chi connectivity index (χ3v) is 4.99. The van der Waals surface area contributed by atoms with Crippen LogP contribution in [0.5, 0.6) is 5.75 Å². The lowest BCUT2D eigenvalue weighted by molar-refractivity contribution is -0.126. The topological polar surface area (TPSA) is 58.6 Å². The minimum atomic E-state index is -0.716. The number of benzene rings is 3. The van der Waals surface area contributed by atoms with Crippen molar-refractivity contribution >= 4 is 39.9 Å². The largest absolute Gasteiger partial charge is 0.492 e. The van der Waals surface area contributed by atoms with Gasteiger partial charge in [0.05, 0.1) is 6.54 Å². The van der Waals surface area contributed by atoms with Gasteiger partial charge in [-0.25, -0.2) is 0 Å². The average molecular weight is 395 g/mol. The molecule has 1 heterocycles. The van der Waals surface area contributed by atoms with E-state index in [0.29, 0.717) is 23.7 Å². The number of rotatable bonds is 5. The summed E-state index contributed by atoms with van der Waals surface area (Å²) in [6.45, 7) is 2.10. The van der Waals surface area contributed by atoms with Crippen LogP contribution in [-0.2, 0) is 9.59 Å². The van der Waals surface area contributed by atoms with Gasteiger partial charge in [-0.2, -0.15) is 0 Å². The van der Waals surface area contributed by atoms with Crippen molar-refractivity contribution in [3.63, 3.8) is 0 Å². The summed E-state index contributed by atoms with van der Waals surface area (Å²) in [5, 5.41) is 5.47. The van der Waals surface area contributed by atoms with Crippen molar-refractivity contribution in [2.75, 3.05) is 18.1 Å². The third kappa shape index (κ3) is 3.53. The second-order valence-electron chi connectivity index (χ2n) is 6.68. The Bertz CT molecular complexity index is 1070. The van der Waals surface area contributed by atoms with Crippen molar-refractivity contribution in [3.05, 3.63) is 71.2 Å². The Kier molecular flexibility index (Phi) is 4.92. The van der Waals surface area contributed by atoms with Crippen LogP contribution in [-0.4, -0.2) is 25.0 Å². The lowest BCUT2D eigenvalue weighted by atomic mass is 10.1. The number of halogens is 1. The molecule has 1 N–H and O–H groups in total. The SMILES string of the molecule is CC(=O)NC1C(=O)N(CCOc2ccc3ccccc3c2)c2ccc(Cl)cc21. The van der Waals surface area contributed by atoms with Gasteiger partial charge in [-0.3, -0.25) is 9.59 Å². The normalized spacial score (nSPS) is 15.6. The highest BCUT2D eigenvalue weighted by atomic mass is 35.5. The first kappa shape index (κ1) is 18.3. The number of anilines is 1. The van der Waals surface area contributed by atoms with Gasteiger partial charge in [-0.1, -0.05) is 41.9 Å². The lowest BCUT2D eigenvalue weighted by Crippen LogP contribution is -2.38. The molecule has 1 unspecified atom stereocenters. The summed E-state index contributed by atoms with van der Waals surface area (Å²) >= 11 is 6.09. The molecule has 4 rings (SSSR count). The molecule has 0 radical (unpaired) electrons. The Balaban J connectivity index is 1.49. The summed E-state index contributed by atoms with van der Waals surface area (Å²) in [7, 11) is 0. The van der Waals surface area contributed by atoms with Gasteiger partial charge >= 0.3 is 0 Å². The Hall–Kier alpha value is -3.05. The molecule has 2 amide bonds. The van der Waals surface area contributed by atoms with Gasteiger partial charge in [0.2, 0.25) is 5.91 Å². The first-order valence-corrected chi connectivity index (χ1v) is 9.40. The number of fused-ring (bicyclic) bond motifs is 2.